The van der Waals surface area contributed by atoms with Crippen molar-refractivity contribution in [2.45, 2.75) is 18.4 Å². The Balaban J connectivity index is 1.60. The highest BCUT2D eigenvalue weighted by atomic mass is 32.2. The number of fused-ring (bicyclic) bond motifs is 1. The van der Waals surface area contributed by atoms with Gasteiger partial charge < -0.3 is 9.64 Å². The van der Waals surface area contributed by atoms with Crippen LogP contribution in [0.25, 0.3) is 0 Å². The summed E-state index contributed by atoms with van der Waals surface area (Å²) in [6, 6.07) is 14.3. The Kier molecular flexibility index (Phi) is 4.23. The summed E-state index contributed by atoms with van der Waals surface area (Å²) < 4.78 is 34.7. The van der Waals surface area contributed by atoms with E-state index in [2.05, 4.69) is 14.9 Å². The van der Waals surface area contributed by atoms with Crippen molar-refractivity contribution in [3.8, 4) is 5.75 Å². The maximum atomic E-state index is 12.6. The number of benzene rings is 2. The fraction of sp³-hybridized carbons (Fsp3) is 0.222. The minimum Gasteiger partial charge on any atom is -0.497 e. The molecular formula is C18H19N5O3S. The van der Waals surface area contributed by atoms with Crippen LogP contribution in [0, 0.1) is 6.92 Å². The lowest BCUT2D eigenvalue weighted by atomic mass is 10.2. The third-order valence-electron chi connectivity index (χ3n) is 4.46. The average Bonchev–Trinajstić information content (AvgIpc) is 3.25. The van der Waals surface area contributed by atoms with E-state index in [1.807, 2.05) is 36.1 Å². The van der Waals surface area contributed by atoms with E-state index in [0.717, 1.165) is 17.0 Å². The summed E-state index contributed by atoms with van der Waals surface area (Å²) in [7, 11) is -2.10. The number of hydrogen-bond acceptors (Lipinski definition) is 6. The number of ether oxygens (including phenoxy) is 1. The van der Waals surface area contributed by atoms with E-state index >= 15 is 0 Å². The van der Waals surface area contributed by atoms with Crippen LogP contribution in [-0.2, 0) is 16.6 Å². The molecule has 0 unspecified atom stereocenters. The maximum absolute atomic E-state index is 12.6. The van der Waals surface area contributed by atoms with Crippen molar-refractivity contribution >= 4 is 27.6 Å². The zero-order chi connectivity index (χ0) is 19.0. The van der Waals surface area contributed by atoms with Gasteiger partial charge in [-0.05, 0) is 43.3 Å². The van der Waals surface area contributed by atoms with Crippen molar-refractivity contribution in [3.63, 3.8) is 0 Å². The van der Waals surface area contributed by atoms with Gasteiger partial charge in [-0.3, -0.25) is 4.57 Å². The number of nitrogens with one attached hydrogen (secondary N) is 1. The molecule has 27 heavy (non-hydrogen) atoms. The number of rotatable bonds is 5. The van der Waals surface area contributed by atoms with Crippen molar-refractivity contribution in [2.75, 3.05) is 23.3 Å². The molecule has 140 valence electrons. The highest BCUT2D eigenvalue weighted by Crippen LogP contribution is 2.32. The molecule has 1 aliphatic heterocycles. The normalized spacial score (nSPS) is 13.5. The molecule has 2 heterocycles. The van der Waals surface area contributed by atoms with Crippen LogP contribution in [0.5, 0.6) is 5.75 Å². The average molecular weight is 385 g/mol. The van der Waals surface area contributed by atoms with Gasteiger partial charge in [-0.2, -0.15) is 0 Å². The predicted octanol–water partition coefficient (Wildman–Crippen LogP) is 2.55. The summed E-state index contributed by atoms with van der Waals surface area (Å²) in [5.41, 5.74) is 1.93. The molecule has 1 aliphatic rings. The zero-order valence-corrected chi connectivity index (χ0v) is 15.8. The number of sulfonamides is 1. The fourth-order valence-electron chi connectivity index (χ4n) is 2.98. The third-order valence-corrected chi connectivity index (χ3v) is 5.80. The summed E-state index contributed by atoms with van der Waals surface area (Å²) in [4.78, 5) is 2.17. The van der Waals surface area contributed by atoms with E-state index in [9.17, 15) is 8.42 Å². The lowest BCUT2D eigenvalue weighted by Gasteiger charge is -2.15. The van der Waals surface area contributed by atoms with Gasteiger partial charge in [-0.25, -0.2) is 13.1 Å². The highest BCUT2D eigenvalue weighted by Gasteiger charge is 2.28. The summed E-state index contributed by atoms with van der Waals surface area (Å²) >= 11 is 0. The van der Waals surface area contributed by atoms with Crippen LogP contribution in [-0.4, -0.2) is 36.8 Å². The number of nitrogens with zero attached hydrogens (tertiary/aromatic N) is 4. The summed E-state index contributed by atoms with van der Waals surface area (Å²) in [6.45, 7) is 3.17. The molecule has 0 bridgehead atoms. The number of methoxy groups -OCH3 is 1. The molecule has 0 saturated carbocycles. The molecule has 0 spiro atoms. The summed E-state index contributed by atoms with van der Waals surface area (Å²) in [5, 5.41) is 8.20. The van der Waals surface area contributed by atoms with E-state index in [1.54, 1.807) is 35.9 Å². The van der Waals surface area contributed by atoms with Crippen LogP contribution >= 0.6 is 0 Å². The molecule has 0 radical (unpaired) electrons. The monoisotopic (exact) mass is 385 g/mol. The molecule has 3 aromatic rings. The summed E-state index contributed by atoms with van der Waals surface area (Å²) in [6.07, 6.45) is 0. The molecule has 1 aromatic heterocycles. The van der Waals surface area contributed by atoms with Gasteiger partial charge in [0.25, 0.3) is 10.0 Å². The Morgan fingerprint density at radius 2 is 1.70 bits per heavy atom. The first kappa shape index (κ1) is 17.3. The molecular weight excluding hydrogens is 366 g/mol. The van der Waals surface area contributed by atoms with E-state index in [1.165, 1.54) is 0 Å². The Morgan fingerprint density at radius 1 is 1.00 bits per heavy atom. The minimum atomic E-state index is -3.72. The first-order chi connectivity index (χ1) is 13.0. The zero-order valence-electron chi connectivity index (χ0n) is 15.0. The number of aryl methyl sites for hydroxylation is 1. The lowest BCUT2D eigenvalue weighted by molar-refractivity contribution is 0.415. The molecule has 0 atom stereocenters. The molecule has 0 amide bonds. The Morgan fingerprint density at radius 3 is 2.37 bits per heavy atom. The molecule has 4 rings (SSSR count). The van der Waals surface area contributed by atoms with Crippen molar-refractivity contribution < 1.29 is 13.2 Å². The van der Waals surface area contributed by atoms with Gasteiger partial charge in [-0.1, -0.05) is 17.7 Å². The Hall–Kier alpha value is -3.07. The number of hydrogen-bond donors (Lipinski definition) is 1. The van der Waals surface area contributed by atoms with Crippen molar-refractivity contribution in [2.24, 2.45) is 0 Å². The van der Waals surface area contributed by atoms with Gasteiger partial charge in [0, 0.05) is 18.8 Å². The van der Waals surface area contributed by atoms with Crippen LogP contribution in [0.3, 0.4) is 0 Å². The molecule has 0 fully saturated rings. The van der Waals surface area contributed by atoms with Gasteiger partial charge in [0.1, 0.15) is 5.75 Å². The Labute approximate surface area is 157 Å². The standard InChI is InChI=1S/C18H19N5O3S/c1-13-3-9-16(10-4-13)27(24,25)21-17-19-20-18-22(11-12-23(17)18)14-5-7-15(26-2)8-6-14/h3-10H,11-12H2,1-2H3,(H,19,21). The van der Waals surface area contributed by atoms with Crippen LogP contribution in [0.2, 0.25) is 0 Å². The second kappa shape index (κ2) is 6.58. The van der Waals surface area contributed by atoms with E-state index in [0.29, 0.717) is 19.0 Å². The third kappa shape index (κ3) is 3.21. The highest BCUT2D eigenvalue weighted by molar-refractivity contribution is 7.92. The van der Waals surface area contributed by atoms with Gasteiger partial charge in [0.05, 0.1) is 12.0 Å². The quantitative estimate of drug-likeness (QED) is 0.726. The topological polar surface area (TPSA) is 89.4 Å². The first-order valence-corrected chi connectivity index (χ1v) is 9.90. The minimum absolute atomic E-state index is 0.190. The molecule has 2 aromatic carbocycles. The number of anilines is 3. The van der Waals surface area contributed by atoms with Crippen LogP contribution in [0.15, 0.2) is 53.4 Å². The fourth-order valence-corrected chi connectivity index (χ4v) is 3.98. The smallest absolute Gasteiger partial charge is 0.264 e. The molecule has 1 N–H and O–H groups in total. The first-order valence-electron chi connectivity index (χ1n) is 8.42. The van der Waals surface area contributed by atoms with Crippen LogP contribution in [0.1, 0.15) is 5.56 Å². The number of aromatic nitrogens is 3. The Bertz CT molecular complexity index is 1060. The van der Waals surface area contributed by atoms with E-state index in [4.69, 9.17) is 4.74 Å². The molecule has 8 nitrogen and oxygen atoms in total. The van der Waals surface area contributed by atoms with E-state index < -0.39 is 10.0 Å². The van der Waals surface area contributed by atoms with Gasteiger partial charge in [0.2, 0.25) is 11.9 Å². The molecule has 9 heteroatoms. The van der Waals surface area contributed by atoms with Crippen LogP contribution < -0.4 is 14.4 Å². The second-order valence-corrected chi connectivity index (χ2v) is 7.93. The second-order valence-electron chi connectivity index (χ2n) is 6.24. The molecule has 0 saturated heterocycles. The lowest BCUT2D eigenvalue weighted by Crippen LogP contribution is -2.16. The summed E-state index contributed by atoms with van der Waals surface area (Å²) in [5.74, 6) is 1.58. The predicted molar refractivity (Wildman–Crippen MR) is 102 cm³/mol. The largest absolute Gasteiger partial charge is 0.497 e. The van der Waals surface area contributed by atoms with Gasteiger partial charge >= 0.3 is 0 Å². The van der Waals surface area contributed by atoms with Gasteiger partial charge in [-0.15, -0.1) is 10.2 Å². The van der Waals surface area contributed by atoms with Crippen LogP contribution in [0.4, 0.5) is 17.6 Å². The SMILES string of the molecule is COc1ccc(N2CCn3c(NS(=O)(=O)c4ccc(C)cc4)nnc32)cc1. The van der Waals surface area contributed by atoms with Crippen molar-refractivity contribution in [3.05, 3.63) is 54.1 Å². The van der Waals surface area contributed by atoms with Crippen molar-refractivity contribution in [1.82, 2.24) is 14.8 Å². The molecule has 0 aliphatic carbocycles. The van der Waals surface area contributed by atoms with Crippen molar-refractivity contribution in [1.29, 1.82) is 0 Å². The van der Waals surface area contributed by atoms with E-state index in [-0.39, 0.29) is 10.8 Å². The van der Waals surface area contributed by atoms with Gasteiger partial charge in [0.15, 0.2) is 0 Å². The maximum Gasteiger partial charge on any atom is 0.264 e.